The van der Waals surface area contributed by atoms with E-state index in [0.717, 1.165) is 11.3 Å². The maximum absolute atomic E-state index is 11.6. The maximum atomic E-state index is 11.6. The van der Waals surface area contributed by atoms with Crippen LogP contribution in [0.5, 0.6) is 0 Å². The Morgan fingerprint density at radius 2 is 2.00 bits per heavy atom. The maximum Gasteiger partial charge on any atom is 0.253 e. The van der Waals surface area contributed by atoms with Crippen LogP contribution in [-0.2, 0) is 0 Å². The minimum absolute atomic E-state index is 0.0292. The lowest BCUT2D eigenvalue weighted by Gasteiger charge is -2.12. The second-order valence-corrected chi connectivity index (χ2v) is 3.48. The highest BCUT2D eigenvalue weighted by Gasteiger charge is 2.08. The molecule has 1 rings (SSSR count). The molecular formula is C11H16N2O. The lowest BCUT2D eigenvalue weighted by Crippen LogP contribution is -2.21. The molecule has 3 heteroatoms. The van der Waals surface area contributed by atoms with Gasteiger partial charge in [0.25, 0.3) is 5.91 Å². The molecule has 14 heavy (non-hydrogen) atoms. The molecule has 0 saturated carbocycles. The van der Waals surface area contributed by atoms with Crippen molar-refractivity contribution in [2.75, 3.05) is 26.5 Å². The Balaban J connectivity index is 3.06. The van der Waals surface area contributed by atoms with E-state index in [1.165, 1.54) is 0 Å². The zero-order valence-electron chi connectivity index (χ0n) is 9.09. The van der Waals surface area contributed by atoms with Gasteiger partial charge in [-0.2, -0.15) is 0 Å². The van der Waals surface area contributed by atoms with E-state index in [1.807, 2.05) is 32.2 Å². The van der Waals surface area contributed by atoms with Gasteiger partial charge in [0.2, 0.25) is 0 Å². The highest BCUT2D eigenvalue weighted by Crippen LogP contribution is 2.16. The van der Waals surface area contributed by atoms with Crippen LogP contribution in [0, 0.1) is 6.92 Å². The predicted molar refractivity (Wildman–Crippen MR) is 58.7 cm³/mol. The highest BCUT2D eigenvalue weighted by atomic mass is 16.2. The first kappa shape index (κ1) is 10.6. The topological polar surface area (TPSA) is 32.3 Å². The van der Waals surface area contributed by atoms with Crippen LogP contribution in [0.4, 0.5) is 5.69 Å². The zero-order valence-corrected chi connectivity index (χ0v) is 9.09. The number of carbonyl (C=O) groups is 1. The number of rotatable bonds is 2. The Bertz CT molecular complexity index is 345. The summed E-state index contributed by atoms with van der Waals surface area (Å²) >= 11 is 0. The van der Waals surface area contributed by atoms with Crippen LogP contribution < -0.4 is 5.32 Å². The van der Waals surface area contributed by atoms with Crippen molar-refractivity contribution in [3.63, 3.8) is 0 Å². The average molecular weight is 192 g/mol. The second kappa shape index (κ2) is 4.13. The number of hydrogen-bond donors (Lipinski definition) is 1. The normalized spacial score (nSPS) is 9.71. The van der Waals surface area contributed by atoms with Gasteiger partial charge in [0.1, 0.15) is 0 Å². The van der Waals surface area contributed by atoms with Crippen LogP contribution in [0.1, 0.15) is 15.9 Å². The molecule has 3 nitrogen and oxygen atoms in total. The summed E-state index contributed by atoms with van der Waals surface area (Å²) in [6.07, 6.45) is 0. The summed E-state index contributed by atoms with van der Waals surface area (Å²) in [5.41, 5.74) is 2.85. The van der Waals surface area contributed by atoms with Gasteiger partial charge in [-0.25, -0.2) is 0 Å². The van der Waals surface area contributed by atoms with Gasteiger partial charge in [-0.05, 0) is 24.6 Å². The summed E-state index contributed by atoms with van der Waals surface area (Å²) in [6.45, 7) is 2.01. The monoisotopic (exact) mass is 192 g/mol. The van der Waals surface area contributed by atoms with Gasteiger partial charge in [-0.15, -0.1) is 0 Å². The van der Waals surface area contributed by atoms with Gasteiger partial charge in [0, 0.05) is 32.4 Å². The standard InChI is InChI=1S/C11H16N2O/c1-8-5-6-9(7-10(8)12-2)11(14)13(3)4/h5-7,12H,1-4H3. The molecule has 1 N–H and O–H groups in total. The lowest BCUT2D eigenvalue weighted by atomic mass is 10.1. The molecule has 0 radical (unpaired) electrons. The zero-order chi connectivity index (χ0) is 10.7. The first-order valence-corrected chi connectivity index (χ1v) is 4.56. The SMILES string of the molecule is CNc1cc(C(=O)N(C)C)ccc1C. The summed E-state index contributed by atoms with van der Waals surface area (Å²) in [4.78, 5) is 13.2. The largest absolute Gasteiger partial charge is 0.388 e. The van der Waals surface area contributed by atoms with Gasteiger partial charge in [-0.3, -0.25) is 4.79 Å². The minimum atomic E-state index is 0.0292. The van der Waals surface area contributed by atoms with Crippen LogP contribution in [0.15, 0.2) is 18.2 Å². The van der Waals surface area contributed by atoms with Crippen LogP contribution in [0.2, 0.25) is 0 Å². The number of anilines is 1. The smallest absolute Gasteiger partial charge is 0.253 e. The number of nitrogens with zero attached hydrogens (tertiary/aromatic N) is 1. The summed E-state index contributed by atoms with van der Waals surface area (Å²) in [7, 11) is 5.36. The van der Waals surface area contributed by atoms with Crippen molar-refractivity contribution in [2.45, 2.75) is 6.92 Å². The fourth-order valence-electron chi connectivity index (χ4n) is 1.28. The van der Waals surface area contributed by atoms with E-state index in [9.17, 15) is 4.79 Å². The van der Waals surface area contributed by atoms with Gasteiger partial charge in [-0.1, -0.05) is 6.07 Å². The van der Waals surface area contributed by atoms with Gasteiger partial charge < -0.3 is 10.2 Å². The fraction of sp³-hybridized carbons (Fsp3) is 0.364. The molecule has 0 saturated heterocycles. The number of hydrogen-bond acceptors (Lipinski definition) is 2. The van der Waals surface area contributed by atoms with Crippen LogP contribution in [0.3, 0.4) is 0 Å². The quantitative estimate of drug-likeness (QED) is 0.774. The molecule has 1 aromatic rings. The van der Waals surface area contributed by atoms with E-state index in [0.29, 0.717) is 5.56 Å². The van der Waals surface area contributed by atoms with Crippen LogP contribution in [-0.4, -0.2) is 32.0 Å². The highest BCUT2D eigenvalue weighted by molar-refractivity contribution is 5.95. The van der Waals surface area contributed by atoms with E-state index >= 15 is 0 Å². The molecule has 0 fully saturated rings. The molecule has 0 bridgehead atoms. The van der Waals surface area contributed by atoms with Crippen LogP contribution >= 0.6 is 0 Å². The van der Waals surface area contributed by atoms with Gasteiger partial charge in [0.05, 0.1) is 0 Å². The number of aryl methyl sites for hydroxylation is 1. The van der Waals surface area contributed by atoms with E-state index in [4.69, 9.17) is 0 Å². The van der Waals surface area contributed by atoms with Crippen molar-refractivity contribution in [2.24, 2.45) is 0 Å². The van der Waals surface area contributed by atoms with Crippen molar-refractivity contribution in [3.8, 4) is 0 Å². The molecular weight excluding hydrogens is 176 g/mol. The Morgan fingerprint density at radius 3 is 2.50 bits per heavy atom. The summed E-state index contributed by atoms with van der Waals surface area (Å²) in [5, 5.41) is 3.06. The molecule has 0 aliphatic rings. The van der Waals surface area contributed by atoms with E-state index in [1.54, 1.807) is 19.0 Å². The van der Waals surface area contributed by atoms with Gasteiger partial charge in [0.15, 0.2) is 0 Å². The molecule has 0 aromatic heterocycles. The number of carbonyl (C=O) groups excluding carboxylic acids is 1. The molecule has 0 spiro atoms. The first-order chi connectivity index (χ1) is 6.56. The summed E-state index contributed by atoms with van der Waals surface area (Å²) < 4.78 is 0. The Labute approximate surface area is 84.7 Å². The molecule has 0 unspecified atom stereocenters. The fourth-order valence-corrected chi connectivity index (χ4v) is 1.28. The van der Waals surface area contributed by atoms with Crippen molar-refractivity contribution < 1.29 is 4.79 Å². The summed E-state index contributed by atoms with van der Waals surface area (Å²) in [5.74, 6) is 0.0292. The Morgan fingerprint density at radius 1 is 1.36 bits per heavy atom. The molecule has 0 aliphatic heterocycles. The number of nitrogens with one attached hydrogen (secondary N) is 1. The molecule has 0 atom stereocenters. The summed E-state index contributed by atoms with van der Waals surface area (Å²) in [6, 6.07) is 5.67. The third-order valence-electron chi connectivity index (χ3n) is 2.16. The van der Waals surface area contributed by atoms with Crippen molar-refractivity contribution in [3.05, 3.63) is 29.3 Å². The van der Waals surface area contributed by atoms with Crippen molar-refractivity contribution in [1.29, 1.82) is 0 Å². The molecule has 1 aromatic carbocycles. The molecule has 0 heterocycles. The molecule has 0 aliphatic carbocycles. The van der Waals surface area contributed by atoms with Crippen molar-refractivity contribution in [1.82, 2.24) is 4.90 Å². The third kappa shape index (κ3) is 2.05. The third-order valence-corrected chi connectivity index (χ3v) is 2.16. The van der Waals surface area contributed by atoms with E-state index in [2.05, 4.69) is 5.32 Å². The van der Waals surface area contributed by atoms with Crippen molar-refractivity contribution >= 4 is 11.6 Å². The average Bonchev–Trinajstić information content (AvgIpc) is 2.17. The number of benzene rings is 1. The molecule has 76 valence electrons. The lowest BCUT2D eigenvalue weighted by molar-refractivity contribution is 0.0827. The number of amides is 1. The Kier molecular flexibility index (Phi) is 3.12. The van der Waals surface area contributed by atoms with E-state index < -0.39 is 0 Å². The second-order valence-electron chi connectivity index (χ2n) is 3.48. The van der Waals surface area contributed by atoms with Gasteiger partial charge >= 0.3 is 0 Å². The predicted octanol–water partition coefficient (Wildman–Crippen LogP) is 1.74. The first-order valence-electron chi connectivity index (χ1n) is 4.56. The molecule has 1 amide bonds. The van der Waals surface area contributed by atoms with E-state index in [-0.39, 0.29) is 5.91 Å². The Hall–Kier alpha value is -1.51. The van der Waals surface area contributed by atoms with Crippen LogP contribution in [0.25, 0.3) is 0 Å². The minimum Gasteiger partial charge on any atom is -0.388 e.